The molecule has 0 saturated heterocycles. The Morgan fingerprint density at radius 1 is 0.903 bits per heavy atom. The topological polar surface area (TPSA) is 58.2 Å². The quantitative estimate of drug-likeness (QED) is 0.504. The molecule has 158 valence electrons. The van der Waals surface area contributed by atoms with Crippen LogP contribution in [0.5, 0.6) is 0 Å². The number of benzene rings is 3. The number of hydrogen-bond donors (Lipinski definition) is 2. The Hall–Kier alpha value is -3.05. The van der Waals surface area contributed by atoms with Crippen molar-refractivity contribution in [2.24, 2.45) is 5.92 Å². The highest BCUT2D eigenvalue weighted by Crippen LogP contribution is 2.50. The molecule has 3 atom stereocenters. The Morgan fingerprint density at radius 3 is 2.29 bits per heavy atom. The van der Waals surface area contributed by atoms with E-state index in [0.29, 0.717) is 16.5 Å². The summed E-state index contributed by atoms with van der Waals surface area (Å²) in [5.74, 6) is 0.579. The van der Waals surface area contributed by atoms with Gasteiger partial charge in [0.15, 0.2) is 0 Å². The smallest absolute Gasteiger partial charge is 0.261 e. The number of allylic oxidation sites excluding steroid dienone is 2. The van der Waals surface area contributed by atoms with Crippen LogP contribution in [0.4, 0.5) is 11.4 Å². The maximum atomic E-state index is 13.0. The van der Waals surface area contributed by atoms with Gasteiger partial charge in [-0.05, 0) is 67.6 Å². The molecule has 5 heteroatoms. The first-order valence-corrected chi connectivity index (χ1v) is 12.1. The predicted octanol–water partition coefficient (Wildman–Crippen LogP) is 5.93. The van der Waals surface area contributed by atoms with E-state index in [1.165, 1.54) is 11.1 Å². The van der Waals surface area contributed by atoms with Crippen molar-refractivity contribution in [1.82, 2.24) is 0 Å². The Labute approximate surface area is 184 Å². The minimum atomic E-state index is -3.66. The zero-order valence-corrected chi connectivity index (χ0v) is 18.5. The van der Waals surface area contributed by atoms with Crippen LogP contribution in [0.15, 0.2) is 83.8 Å². The molecule has 31 heavy (non-hydrogen) atoms. The highest BCUT2D eigenvalue weighted by molar-refractivity contribution is 7.92. The second-order valence-corrected chi connectivity index (χ2v) is 10.3. The maximum Gasteiger partial charge on any atom is 0.261 e. The van der Waals surface area contributed by atoms with Gasteiger partial charge in [-0.3, -0.25) is 4.72 Å². The molecule has 1 heterocycles. The van der Waals surface area contributed by atoms with Gasteiger partial charge in [0.1, 0.15) is 0 Å². The highest BCUT2D eigenvalue weighted by atomic mass is 32.2. The van der Waals surface area contributed by atoms with Crippen LogP contribution in [0.1, 0.15) is 40.6 Å². The molecule has 4 nitrogen and oxygen atoms in total. The first-order chi connectivity index (χ1) is 14.9. The normalized spacial score (nSPS) is 21.8. The zero-order chi connectivity index (χ0) is 21.6. The molecular formula is C26H26N2O2S. The van der Waals surface area contributed by atoms with Crippen LogP contribution < -0.4 is 10.0 Å². The lowest BCUT2D eigenvalue weighted by Crippen LogP contribution is -2.29. The molecule has 5 rings (SSSR count). The van der Waals surface area contributed by atoms with Crippen LogP contribution >= 0.6 is 0 Å². The van der Waals surface area contributed by atoms with Gasteiger partial charge in [0.25, 0.3) is 10.0 Å². The van der Waals surface area contributed by atoms with E-state index in [4.69, 9.17) is 0 Å². The van der Waals surface area contributed by atoms with Crippen molar-refractivity contribution in [2.45, 2.75) is 37.1 Å². The van der Waals surface area contributed by atoms with Crippen molar-refractivity contribution >= 4 is 21.4 Å². The summed E-state index contributed by atoms with van der Waals surface area (Å²) < 4.78 is 28.8. The van der Waals surface area contributed by atoms with E-state index in [1.54, 1.807) is 18.2 Å². The molecule has 0 fully saturated rings. The number of fused-ring (bicyclic) bond motifs is 3. The van der Waals surface area contributed by atoms with E-state index in [9.17, 15) is 8.42 Å². The SMILES string of the molecule is Cc1ccc(NS(=O)(=O)c2ccc3c(c2)[C@H]2C=CC[C@H]2[C@@H](c2ccc(C)cc2)N3)cc1. The van der Waals surface area contributed by atoms with Gasteiger partial charge in [0, 0.05) is 17.3 Å². The molecule has 3 aromatic carbocycles. The van der Waals surface area contributed by atoms with Gasteiger partial charge in [0.2, 0.25) is 0 Å². The lowest BCUT2D eigenvalue weighted by molar-refractivity contribution is 0.425. The van der Waals surface area contributed by atoms with Gasteiger partial charge >= 0.3 is 0 Å². The van der Waals surface area contributed by atoms with Gasteiger partial charge in [-0.2, -0.15) is 0 Å². The van der Waals surface area contributed by atoms with Crippen molar-refractivity contribution in [3.05, 3.63) is 101 Å². The first kappa shape index (κ1) is 19.9. The molecule has 0 amide bonds. The summed E-state index contributed by atoms with van der Waals surface area (Å²) in [6, 6.07) is 21.7. The van der Waals surface area contributed by atoms with Gasteiger partial charge in [0.05, 0.1) is 10.9 Å². The second-order valence-electron chi connectivity index (χ2n) is 8.61. The molecule has 3 aromatic rings. The van der Waals surface area contributed by atoms with Gasteiger partial charge in [-0.25, -0.2) is 8.42 Å². The zero-order valence-electron chi connectivity index (χ0n) is 17.7. The monoisotopic (exact) mass is 430 g/mol. The molecule has 0 unspecified atom stereocenters. The van der Waals surface area contributed by atoms with Crippen molar-refractivity contribution in [2.75, 3.05) is 10.0 Å². The summed E-state index contributed by atoms with van der Waals surface area (Å²) in [4.78, 5) is 0.293. The van der Waals surface area contributed by atoms with Crippen LogP contribution in [0.25, 0.3) is 0 Å². The summed E-state index contributed by atoms with van der Waals surface area (Å²) in [5.41, 5.74) is 6.23. The maximum absolute atomic E-state index is 13.0. The number of aryl methyl sites for hydroxylation is 2. The van der Waals surface area contributed by atoms with Gasteiger partial charge < -0.3 is 5.32 Å². The van der Waals surface area contributed by atoms with E-state index in [-0.39, 0.29) is 12.0 Å². The van der Waals surface area contributed by atoms with Crippen LogP contribution in [0.3, 0.4) is 0 Å². The van der Waals surface area contributed by atoms with Crippen LogP contribution in [-0.4, -0.2) is 8.42 Å². The van der Waals surface area contributed by atoms with Crippen molar-refractivity contribution in [3.8, 4) is 0 Å². The van der Waals surface area contributed by atoms with Gasteiger partial charge in [-0.15, -0.1) is 0 Å². The largest absolute Gasteiger partial charge is 0.378 e. The molecule has 0 radical (unpaired) electrons. The lowest BCUT2D eigenvalue weighted by atomic mass is 9.77. The molecular weight excluding hydrogens is 404 g/mol. The summed E-state index contributed by atoms with van der Waals surface area (Å²) in [6.07, 6.45) is 5.43. The third-order valence-electron chi connectivity index (χ3n) is 6.38. The Morgan fingerprint density at radius 2 is 1.58 bits per heavy atom. The number of rotatable bonds is 4. The van der Waals surface area contributed by atoms with E-state index in [2.05, 4.69) is 53.4 Å². The van der Waals surface area contributed by atoms with Crippen LogP contribution in [0.2, 0.25) is 0 Å². The number of anilines is 2. The molecule has 2 aliphatic rings. The molecule has 0 aromatic heterocycles. The van der Waals surface area contributed by atoms with Crippen molar-refractivity contribution < 1.29 is 8.42 Å². The molecule has 1 aliphatic carbocycles. The molecule has 2 N–H and O–H groups in total. The summed E-state index contributed by atoms with van der Waals surface area (Å²) >= 11 is 0. The van der Waals surface area contributed by atoms with E-state index < -0.39 is 10.0 Å². The fraction of sp³-hybridized carbons (Fsp3) is 0.231. The lowest BCUT2D eigenvalue weighted by Gasteiger charge is -2.37. The van der Waals surface area contributed by atoms with Crippen molar-refractivity contribution in [3.63, 3.8) is 0 Å². The van der Waals surface area contributed by atoms with Gasteiger partial charge in [-0.1, -0.05) is 59.7 Å². The fourth-order valence-electron chi connectivity index (χ4n) is 4.68. The van der Waals surface area contributed by atoms with Crippen molar-refractivity contribution in [1.29, 1.82) is 0 Å². The highest BCUT2D eigenvalue weighted by Gasteiger charge is 2.38. The van der Waals surface area contributed by atoms with E-state index in [0.717, 1.165) is 23.2 Å². The number of sulfonamides is 1. The summed E-state index contributed by atoms with van der Waals surface area (Å²) in [7, 11) is -3.66. The van der Waals surface area contributed by atoms with E-state index in [1.807, 2.05) is 31.2 Å². The predicted molar refractivity (Wildman–Crippen MR) is 126 cm³/mol. The molecule has 0 spiro atoms. The third kappa shape index (κ3) is 3.74. The van der Waals surface area contributed by atoms with Crippen LogP contribution in [0, 0.1) is 19.8 Å². The summed E-state index contributed by atoms with van der Waals surface area (Å²) in [5, 5.41) is 3.68. The molecule has 0 bridgehead atoms. The first-order valence-electron chi connectivity index (χ1n) is 10.6. The summed E-state index contributed by atoms with van der Waals surface area (Å²) in [6.45, 7) is 4.07. The minimum absolute atomic E-state index is 0.206. The number of hydrogen-bond acceptors (Lipinski definition) is 3. The molecule has 1 aliphatic heterocycles. The minimum Gasteiger partial charge on any atom is -0.378 e. The Kier molecular flexibility index (Phi) is 4.86. The third-order valence-corrected chi connectivity index (χ3v) is 7.76. The standard InChI is InChI=1S/C26H26N2O2S/c1-17-6-10-19(11-7-17)26-23-5-3-4-22(23)24-16-21(14-15-25(24)27-26)31(29,30)28-20-12-8-18(2)9-13-20/h3-4,6-16,22-23,26-28H,5H2,1-2H3/t22-,23+,26+/m0/s1. The molecule has 0 saturated carbocycles. The number of nitrogens with one attached hydrogen (secondary N) is 2. The average molecular weight is 431 g/mol. The van der Waals surface area contributed by atoms with Crippen LogP contribution in [-0.2, 0) is 10.0 Å². The Bertz CT molecular complexity index is 1250. The van der Waals surface area contributed by atoms with E-state index >= 15 is 0 Å². The fourth-order valence-corrected chi connectivity index (χ4v) is 5.77. The second kappa shape index (κ2) is 7.57. The average Bonchev–Trinajstić information content (AvgIpc) is 3.25. The Balaban J connectivity index is 1.48.